The van der Waals surface area contributed by atoms with E-state index in [0.29, 0.717) is 18.9 Å². The van der Waals surface area contributed by atoms with Crippen molar-refractivity contribution in [2.45, 2.75) is 19.4 Å². The molecule has 1 fully saturated rings. The molecule has 1 atom stereocenters. The molecule has 110 valence electrons. The van der Waals surface area contributed by atoms with E-state index in [1.807, 2.05) is 0 Å². The third-order valence-corrected chi connectivity index (χ3v) is 2.91. The molecule has 0 aliphatic carbocycles. The molecule has 1 aliphatic heterocycles. The molecule has 0 aromatic carbocycles. The van der Waals surface area contributed by atoms with Crippen LogP contribution in [0.25, 0.3) is 0 Å². The summed E-state index contributed by atoms with van der Waals surface area (Å²) in [4.78, 5) is 24.3. The zero-order chi connectivity index (χ0) is 14.5. The Labute approximate surface area is 115 Å². The molecule has 0 saturated carbocycles. The van der Waals surface area contributed by atoms with Crippen LogP contribution < -0.4 is 4.74 Å². The highest BCUT2D eigenvalue weighted by Crippen LogP contribution is 2.13. The predicted octanol–water partition coefficient (Wildman–Crippen LogP) is 0.0639. The monoisotopic (exact) mass is 284 g/mol. The molecule has 1 unspecified atom stereocenters. The molecule has 1 N–H and O–H groups in total. The molecule has 20 heavy (non-hydrogen) atoms. The SMILES string of the molecule is Cc1cc(OCC(=O)N2CCOCC2CC(=O)O)no1. The van der Waals surface area contributed by atoms with Crippen molar-refractivity contribution >= 4 is 11.9 Å². The number of morpholine rings is 1. The second-order valence-corrected chi connectivity index (χ2v) is 4.48. The van der Waals surface area contributed by atoms with Gasteiger partial charge < -0.3 is 24.0 Å². The Morgan fingerprint density at radius 3 is 3.05 bits per heavy atom. The number of ether oxygens (including phenoxy) is 2. The van der Waals surface area contributed by atoms with E-state index >= 15 is 0 Å². The Kier molecular flexibility index (Phi) is 4.57. The molecule has 1 aromatic rings. The number of carbonyl (C=O) groups excluding carboxylic acids is 1. The van der Waals surface area contributed by atoms with Gasteiger partial charge in [0.15, 0.2) is 6.61 Å². The number of hydrogen-bond donors (Lipinski definition) is 1. The Bertz CT molecular complexity index is 486. The van der Waals surface area contributed by atoms with Crippen LogP contribution in [0.4, 0.5) is 0 Å². The van der Waals surface area contributed by atoms with E-state index in [2.05, 4.69) is 5.16 Å². The van der Waals surface area contributed by atoms with Gasteiger partial charge >= 0.3 is 5.97 Å². The Morgan fingerprint density at radius 1 is 1.60 bits per heavy atom. The van der Waals surface area contributed by atoms with Crippen LogP contribution in [0.5, 0.6) is 5.88 Å². The van der Waals surface area contributed by atoms with Crippen molar-refractivity contribution in [3.8, 4) is 5.88 Å². The molecule has 0 spiro atoms. The zero-order valence-corrected chi connectivity index (χ0v) is 11.1. The van der Waals surface area contributed by atoms with E-state index in [1.54, 1.807) is 13.0 Å². The van der Waals surface area contributed by atoms with Crippen LogP contribution in [0, 0.1) is 6.92 Å². The molecule has 8 nitrogen and oxygen atoms in total. The molecule has 2 heterocycles. The minimum absolute atomic E-state index is 0.144. The lowest BCUT2D eigenvalue weighted by Crippen LogP contribution is -2.51. The van der Waals surface area contributed by atoms with Crippen LogP contribution in [0.3, 0.4) is 0 Å². The first-order chi connectivity index (χ1) is 9.56. The summed E-state index contributed by atoms with van der Waals surface area (Å²) in [7, 11) is 0. The third kappa shape index (κ3) is 3.70. The van der Waals surface area contributed by atoms with Crippen molar-refractivity contribution in [1.82, 2.24) is 10.1 Å². The van der Waals surface area contributed by atoms with Gasteiger partial charge in [-0.2, -0.15) is 0 Å². The second-order valence-electron chi connectivity index (χ2n) is 4.48. The summed E-state index contributed by atoms with van der Waals surface area (Å²) in [6, 6.07) is 1.11. The van der Waals surface area contributed by atoms with Gasteiger partial charge in [0.2, 0.25) is 0 Å². The first-order valence-corrected chi connectivity index (χ1v) is 6.21. The number of aliphatic carboxylic acids is 1. The van der Waals surface area contributed by atoms with E-state index < -0.39 is 12.0 Å². The number of carboxylic acids is 1. The molecule has 0 radical (unpaired) electrons. The number of aryl methyl sites for hydroxylation is 1. The van der Waals surface area contributed by atoms with Gasteiger partial charge in [0.25, 0.3) is 11.8 Å². The number of aromatic nitrogens is 1. The lowest BCUT2D eigenvalue weighted by atomic mass is 10.1. The maximum atomic E-state index is 12.1. The molecular formula is C12H16N2O6. The van der Waals surface area contributed by atoms with E-state index in [9.17, 15) is 9.59 Å². The Hall–Kier alpha value is -2.09. The summed E-state index contributed by atoms with van der Waals surface area (Å²) in [6.07, 6.45) is -0.144. The second kappa shape index (κ2) is 6.38. The first kappa shape index (κ1) is 14.3. The minimum Gasteiger partial charge on any atom is -0.481 e. The highest BCUT2D eigenvalue weighted by atomic mass is 16.5. The summed E-state index contributed by atoms with van der Waals surface area (Å²) >= 11 is 0. The normalized spacial score (nSPS) is 18.9. The number of nitrogens with zero attached hydrogens (tertiary/aromatic N) is 2. The molecule has 8 heteroatoms. The summed E-state index contributed by atoms with van der Waals surface area (Å²) in [5.41, 5.74) is 0. The summed E-state index contributed by atoms with van der Waals surface area (Å²) in [5.74, 6) is -0.437. The molecule has 1 saturated heterocycles. The van der Waals surface area contributed by atoms with Gasteiger partial charge in [-0.15, -0.1) is 0 Å². The molecule has 1 amide bonds. The van der Waals surface area contributed by atoms with Gasteiger partial charge in [0.1, 0.15) is 5.76 Å². The lowest BCUT2D eigenvalue weighted by molar-refractivity contribution is -0.147. The predicted molar refractivity (Wildman–Crippen MR) is 65.3 cm³/mol. The number of amides is 1. The molecule has 1 aromatic heterocycles. The summed E-state index contributed by atoms with van der Waals surface area (Å²) < 4.78 is 15.2. The zero-order valence-electron chi connectivity index (χ0n) is 11.1. The van der Waals surface area contributed by atoms with E-state index in [4.69, 9.17) is 19.1 Å². The van der Waals surface area contributed by atoms with Crippen LogP contribution >= 0.6 is 0 Å². The molecule has 2 rings (SSSR count). The van der Waals surface area contributed by atoms with Crippen LogP contribution in [-0.2, 0) is 14.3 Å². The lowest BCUT2D eigenvalue weighted by Gasteiger charge is -2.34. The molecule has 1 aliphatic rings. The van der Waals surface area contributed by atoms with Crippen LogP contribution in [0.2, 0.25) is 0 Å². The molecule has 0 bridgehead atoms. The third-order valence-electron chi connectivity index (χ3n) is 2.91. The smallest absolute Gasteiger partial charge is 0.305 e. The number of carbonyl (C=O) groups is 2. The summed E-state index contributed by atoms with van der Waals surface area (Å²) in [5, 5.41) is 12.4. The fourth-order valence-electron chi connectivity index (χ4n) is 1.98. The first-order valence-electron chi connectivity index (χ1n) is 6.21. The van der Waals surface area contributed by atoms with E-state index in [-0.39, 0.29) is 31.4 Å². The van der Waals surface area contributed by atoms with Crippen molar-refractivity contribution in [2.24, 2.45) is 0 Å². The van der Waals surface area contributed by atoms with Crippen molar-refractivity contribution in [3.05, 3.63) is 11.8 Å². The summed E-state index contributed by atoms with van der Waals surface area (Å²) in [6.45, 7) is 2.48. The van der Waals surface area contributed by atoms with Gasteiger partial charge in [-0.25, -0.2) is 0 Å². The minimum atomic E-state index is -0.966. The highest BCUT2D eigenvalue weighted by molar-refractivity contribution is 5.79. The standard InChI is InChI=1S/C12H16N2O6/c1-8-4-10(13-20-8)19-7-11(15)14-2-3-18-6-9(14)5-12(16)17/h4,9H,2-3,5-7H2,1H3,(H,16,17). The van der Waals surface area contributed by atoms with E-state index in [0.717, 1.165) is 0 Å². The number of carboxylic acid groups (broad SMARTS) is 1. The van der Waals surface area contributed by atoms with Gasteiger partial charge in [-0.3, -0.25) is 9.59 Å². The topological polar surface area (TPSA) is 102 Å². The van der Waals surface area contributed by atoms with Gasteiger partial charge in [-0.1, -0.05) is 0 Å². The average molecular weight is 284 g/mol. The van der Waals surface area contributed by atoms with E-state index in [1.165, 1.54) is 4.90 Å². The van der Waals surface area contributed by atoms with Crippen molar-refractivity contribution < 1.29 is 28.7 Å². The fraction of sp³-hybridized carbons (Fsp3) is 0.583. The number of rotatable bonds is 5. The Morgan fingerprint density at radius 2 is 2.40 bits per heavy atom. The largest absolute Gasteiger partial charge is 0.481 e. The highest BCUT2D eigenvalue weighted by Gasteiger charge is 2.29. The van der Waals surface area contributed by atoms with Gasteiger partial charge in [0, 0.05) is 12.6 Å². The van der Waals surface area contributed by atoms with Crippen molar-refractivity contribution in [3.63, 3.8) is 0 Å². The number of hydrogen-bond acceptors (Lipinski definition) is 6. The van der Waals surface area contributed by atoms with Crippen molar-refractivity contribution in [1.29, 1.82) is 0 Å². The maximum absolute atomic E-state index is 12.1. The van der Waals surface area contributed by atoms with Crippen LogP contribution in [-0.4, -0.2) is 59.4 Å². The Balaban J connectivity index is 1.90. The average Bonchev–Trinajstić information content (AvgIpc) is 2.82. The van der Waals surface area contributed by atoms with Crippen LogP contribution in [0.1, 0.15) is 12.2 Å². The van der Waals surface area contributed by atoms with Gasteiger partial charge in [0.05, 0.1) is 25.7 Å². The van der Waals surface area contributed by atoms with Crippen LogP contribution in [0.15, 0.2) is 10.6 Å². The van der Waals surface area contributed by atoms with Crippen molar-refractivity contribution in [2.75, 3.05) is 26.4 Å². The quantitative estimate of drug-likeness (QED) is 0.815. The maximum Gasteiger partial charge on any atom is 0.305 e. The van der Waals surface area contributed by atoms with Gasteiger partial charge in [-0.05, 0) is 12.1 Å². The molecular weight excluding hydrogens is 268 g/mol. The fourth-order valence-corrected chi connectivity index (χ4v) is 1.98.